The lowest BCUT2D eigenvalue weighted by molar-refractivity contribution is -0.137. The van der Waals surface area contributed by atoms with Crippen molar-refractivity contribution in [1.82, 2.24) is 19.9 Å². The van der Waals surface area contributed by atoms with Crippen LogP contribution in [-0.4, -0.2) is 27.7 Å². The maximum absolute atomic E-state index is 13.1. The summed E-state index contributed by atoms with van der Waals surface area (Å²) in [4.78, 5) is 14.9. The van der Waals surface area contributed by atoms with Crippen molar-refractivity contribution in [3.63, 3.8) is 0 Å². The first-order chi connectivity index (χ1) is 11.8. The second-order valence-corrected chi connectivity index (χ2v) is 6.53. The highest BCUT2D eigenvalue weighted by molar-refractivity contribution is 5.95. The van der Waals surface area contributed by atoms with Gasteiger partial charge < -0.3 is 10.3 Å². The number of alkyl halides is 3. The van der Waals surface area contributed by atoms with Gasteiger partial charge in [0.2, 0.25) is 0 Å². The van der Waals surface area contributed by atoms with Crippen LogP contribution in [0.1, 0.15) is 35.6 Å². The van der Waals surface area contributed by atoms with Gasteiger partial charge in [0.1, 0.15) is 5.65 Å². The maximum Gasteiger partial charge on any atom is 0.416 e. The minimum absolute atomic E-state index is 0.155. The second kappa shape index (κ2) is 5.59. The molecule has 0 bridgehead atoms. The summed E-state index contributed by atoms with van der Waals surface area (Å²) in [6.45, 7) is 3.29. The molecule has 132 valence electrons. The van der Waals surface area contributed by atoms with E-state index in [4.69, 9.17) is 0 Å². The number of hydrogen-bond acceptors (Lipinski definition) is 3. The number of aromatic nitrogens is 3. The molecule has 0 atom stereocenters. The largest absolute Gasteiger partial charge is 0.416 e. The summed E-state index contributed by atoms with van der Waals surface area (Å²) in [6.07, 6.45) is -2.71. The summed E-state index contributed by atoms with van der Waals surface area (Å²) in [5.41, 5.74) is 0.905. The summed E-state index contributed by atoms with van der Waals surface area (Å²) in [5, 5.41) is 8.22. The number of benzene rings is 1. The van der Waals surface area contributed by atoms with E-state index in [1.165, 1.54) is 6.07 Å². The molecular weight excluding hydrogens is 333 g/mol. The van der Waals surface area contributed by atoms with Crippen LogP contribution in [0.25, 0.3) is 16.6 Å². The van der Waals surface area contributed by atoms with E-state index < -0.39 is 11.7 Å². The van der Waals surface area contributed by atoms with Gasteiger partial charge >= 0.3 is 6.18 Å². The van der Waals surface area contributed by atoms with Crippen molar-refractivity contribution in [1.29, 1.82) is 0 Å². The summed E-state index contributed by atoms with van der Waals surface area (Å²) in [6, 6.07) is 3.65. The zero-order valence-corrected chi connectivity index (χ0v) is 13.6. The second-order valence-electron chi connectivity index (χ2n) is 6.53. The zero-order chi connectivity index (χ0) is 17.8. The Bertz CT molecular complexity index is 1010. The third-order valence-electron chi connectivity index (χ3n) is 4.82. The molecule has 0 spiro atoms. The van der Waals surface area contributed by atoms with Crippen LogP contribution in [0.2, 0.25) is 0 Å². The number of hydrogen-bond donors (Lipinski definition) is 2. The number of piperidine rings is 1. The van der Waals surface area contributed by atoms with Crippen molar-refractivity contribution < 1.29 is 13.2 Å². The highest BCUT2D eigenvalue weighted by Crippen LogP contribution is 2.34. The van der Waals surface area contributed by atoms with E-state index >= 15 is 0 Å². The molecule has 1 aromatic carbocycles. The van der Waals surface area contributed by atoms with Crippen LogP contribution < -0.4 is 10.9 Å². The Labute approximate surface area is 140 Å². The zero-order valence-electron chi connectivity index (χ0n) is 13.6. The number of rotatable bonds is 1. The minimum atomic E-state index is -4.43. The van der Waals surface area contributed by atoms with Crippen molar-refractivity contribution in [2.75, 3.05) is 13.1 Å². The molecule has 0 amide bonds. The summed E-state index contributed by atoms with van der Waals surface area (Å²) >= 11 is 0. The fourth-order valence-corrected chi connectivity index (χ4v) is 3.64. The minimum Gasteiger partial charge on any atom is -0.317 e. The SMILES string of the molecule is Cc1cc(C(F)(F)F)cc2nn3c(C4CCNCC4)cc(=O)[nH]c3c12. The summed E-state index contributed by atoms with van der Waals surface area (Å²) < 4.78 is 40.9. The number of fused-ring (bicyclic) bond motifs is 3. The van der Waals surface area contributed by atoms with Gasteiger partial charge in [-0.3, -0.25) is 4.79 Å². The van der Waals surface area contributed by atoms with Gasteiger partial charge in [0.15, 0.2) is 0 Å². The van der Waals surface area contributed by atoms with Crippen LogP contribution >= 0.6 is 0 Å². The Morgan fingerprint density at radius 2 is 1.92 bits per heavy atom. The Balaban J connectivity index is 2.01. The molecule has 3 aromatic rings. The van der Waals surface area contributed by atoms with Crippen LogP contribution in [0.4, 0.5) is 13.2 Å². The van der Waals surface area contributed by atoms with Crippen molar-refractivity contribution in [2.24, 2.45) is 0 Å². The Hall–Kier alpha value is -2.35. The highest BCUT2D eigenvalue weighted by atomic mass is 19.4. The number of nitrogens with zero attached hydrogens (tertiary/aromatic N) is 2. The molecule has 3 heterocycles. The average Bonchev–Trinajstić information content (AvgIpc) is 2.93. The first kappa shape index (κ1) is 16.1. The van der Waals surface area contributed by atoms with Gasteiger partial charge in [-0.05, 0) is 50.6 Å². The molecule has 1 fully saturated rings. The number of halogens is 3. The van der Waals surface area contributed by atoms with Gasteiger partial charge in [-0.15, -0.1) is 0 Å². The van der Waals surface area contributed by atoms with E-state index in [9.17, 15) is 18.0 Å². The molecular formula is C17H17F3N4O. The molecule has 25 heavy (non-hydrogen) atoms. The van der Waals surface area contributed by atoms with Crippen LogP contribution in [-0.2, 0) is 6.18 Å². The van der Waals surface area contributed by atoms with Gasteiger partial charge in [0.25, 0.3) is 5.56 Å². The van der Waals surface area contributed by atoms with E-state index in [-0.39, 0.29) is 17.0 Å². The Morgan fingerprint density at radius 3 is 2.60 bits per heavy atom. The molecule has 1 aliphatic rings. The van der Waals surface area contributed by atoms with Gasteiger partial charge in [-0.25, -0.2) is 4.52 Å². The van der Waals surface area contributed by atoms with Crippen LogP contribution in [0, 0.1) is 6.92 Å². The molecule has 0 aliphatic carbocycles. The molecule has 4 rings (SSSR count). The van der Waals surface area contributed by atoms with Crippen LogP contribution in [0.5, 0.6) is 0 Å². The van der Waals surface area contributed by atoms with E-state index in [1.54, 1.807) is 11.4 Å². The lowest BCUT2D eigenvalue weighted by Gasteiger charge is -2.23. The molecule has 0 unspecified atom stereocenters. The van der Waals surface area contributed by atoms with Crippen LogP contribution in [0.15, 0.2) is 23.0 Å². The van der Waals surface area contributed by atoms with E-state index in [0.29, 0.717) is 16.6 Å². The van der Waals surface area contributed by atoms with Gasteiger partial charge in [0.05, 0.1) is 16.8 Å². The fraction of sp³-hybridized carbons (Fsp3) is 0.412. The average molecular weight is 350 g/mol. The van der Waals surface area contributed by atoms with Gasteiger partial charge in [-0.2, -0.15) is 18.3 Å². The smallest absolute Gasteiger partial charge is 0.317 e. The van der Waals surface area contributed by atoms with E-state index in [2.05, 4.69) is 15.4 Å². The summed E-state index contributed by atoms with van der Waals surface area (Å²) in [7, 11) is 0. The maximum atomic E-state index is 13.1. The standard InChI is InChI=1S/C17H17F3N4O/c1-9-6-11(17(18,19)20)7-12-15(9)16-22-14(25)8-13(24(16)23-12)10-2-4-21-5-3-10/h6-8,10,21H,2-5H2,1H3,(H,22,25). The fourth-order valence-electron chi connectivity index (χ4n) is 3.64. The molecule has 2 aromatic heterocycles. The quantitative estimate of drug-likeness (QED) is 0.709. The van der Waals surface area contributed by atoms with Crippen molar-refractivity contribution >= 4 is 16.6 Å². The van der Waals surface area contributed by atoms with Crippen molar-refractivity contribution in [3.8, 4) is 0 Å². The summed E-state index contributed by atoms with van der Waals surface area (Å²) in [5.74, 6) is 0.155. The molecule has 1 aliphatic heterocycles. The van der Waals surface area contributed by atoms with E-state index in [0.717, 1.165) is 43.8 Å². The lowest BCUT2D eigenvalue weighted by atomic mass is 9.94. The topological polar surface area (TPSA) is 62.2 Å². The third-order valence-corrected chi connectivity index (χ3v) is 4.82. The third kappa shape index (κ3) is 2.70. The molecule has 0 radical (unpaired) electrons. The molecule has 0 saturated carbocycles. The molecule has 5 nitrogen and oxygen atoms in total. The Morgan fingerprint density at radius 1 is 1.20 bits per heavy atom. The molecule has 1 saturated heterocycles. The monoisotopic (exact) mass is 350 g/mol. The number of aromatic amines is 1. The Kier molecular flexibility index (Phi) is 3.61. The lowest BCUT2D eigenvalue weighted by Crippen LogP contribution is -2.28. The predicted molar refractivity (Wildman–Crippen MR) is 87.9 cm³/mol. The molecule has 2 N–H and O–H groups in total. The van der Waals surface area contributed by atoms with Crippen molar-refractivity contribution in [2.45, 2.75) is 31.9 Å². The number of aryl methyl sites for hydroxylation is 1. The highest BCUT2D eigenvalue weighted by Gasteiger charge is 2.32. The van der Waals surface area contributed by atoms with E-state index in [1.807, 2.05) is 0 Å². The first-order valence-corrected chi connectivity index (χ1v) is 8.19. The van der Waals surface area contributed by atoms with Gasteiger partial charge in [-0.1, -0.05) is 0 Å². The van der Waals surface area contributed by atoms with Crippen molar-refractivity contribution in [3.05, 3.63) is 45.4 Å². The number of H-pyrrole nitrogens is 1. The van der Waals surface area contributed by atoms with Gasteiger partial charge in [0, 0.05) is 17.4 Å². The molecule has 8 heteroatoms. The van der Waals surface area contributed by atoms with Crippen LogP contribution in [0.3, 0.4) is 0 Å². The first-order valence-electron chi connectivity index (χ1n) is 8.19. The normalized spacial score (nSPS) is 16.8. The predicted octanol–water partition coefficient (Wildman–Crippen LogP) is 2.97. The number of nitrogens with one attached hydrogen (secondary N) is 2.